The highest BCUT2D eigenvalue weighted by molar-refractivity contribution is 5.21. The average Bonchev–Trinajstić information content (AvgIpc) is 2.71. The fourth-order valence-electron chi connectivity index (χ4n) is 4.58. The van der Waals surface area contributed by atoms with Gasteiger partial charge in [0.05, 0.1) is 6.10 Å². The fraction of sp³-hybridized carbons (Fsp3) is 0.846. The van der Waals surface area contributed by atoms with Gasteiger partial charge in [-0.2, -0.15) is 0 Å². The van der Waals surface area contributed by atoms with E-state index in [1.807, 2.05) is 0 Å². The van der Waals surface area contributed by atoms with Crippen LogP contribution in [0, 0.1) is 29.1 Å². The molecule has 3 rings (SSSR count). The van der Waals surface area contributed by atoms with Crippen molar-refractivity contribution < 1.29 is 5.11 Å². The number of allylic oxidation sites excluding steroid dienone is 2. The van der Waals surface area contributed by atoms with Crippen LogP contribution in [0.15, 0.2) is 12.2 Å². The Bertz CT molecular complexity index is 283. The van der Waals surface area contributed by atoms with E-state index >= 15 is 0 Å². The van der Waals surface area contributed by atoms with Crippen molar-refractivity contribution in [1.82, 2.24) is 0 Å². The Labute approximate surface area is 86.2 Å². The minimum atomic E-state index is -0.0522. The van der Waals surface area contributed by atoms with Gasteiger partial charge in [0.1, 0.15) is 0 Å². The first-order valence-electron chi connectivity index (χ1n) is 6.00. The van der Waals surface area contributed by atoms with Gasteiger partial charge in [-0.05, 0) is 42.9 Å². The quantitative estimate of drug-likeness (QED) is 0.585. The number of aliphatic hydroxyl groups is 1. The summed E-state index contributed by atoms with van der Waals surface area (Å²) in [7, 11) is 0. The Morgan fingerprint density at radius 2 is 2.07 bits per heavy atom. The van der Waals surface area contributed by atoms with Gasteiger partial charge in [-0.3, -0.25) is 0 Å². The van der Waals surface area contributed by atoms with Gasteiger partial charge in [0, 0.05) is 5.41 Å². The zero-order valence-electron chi connectivity index (χ0n) is 9.11. The van der Waals surface area contributed by atoms with Gasteiger partial charge < -0.3 is 5.11 Å². The molecule has 1 nitrogen and oxygen atoms in total. The van der Waals surface area contributed by atoms with Crippen LogP contribution < -0.4 is 0 Å². The molecular formula is C13H20O. The number of rotatable bonds is 0. The predicted molar refractivity (Wildman–Crippen MR) is 56.7 cm³/mol. The summed E-state index contributed by atoms with van der Waals surface area (Å²) >= 11 is 0. The van der Waals surface area contributed by atoms with Gasteiger partial charge in [-0.1, -0.05) is 26.0 Å². The molecule has 0 aliphatic heterocycles. The molecule has 0 spiro atoms. The maximum atomic E-state index is 10.2. The lowest BCUT2D eigenvalue weighted by atomic mass is 9.57. The van der Waals surface area contributed by atoms with Crippen molar-refractivity contribution in [3.63, 3.8) is 0 Å². The van der Waals surface area contributed by atoms with Gasteiger partial charge in [-0.15, -0.1) is 0 Å². The third-order valence-electron chi connectivity index (χ3n) is 5.32. The molecule has 0 radical (unpaired) electrons. The highest BCUT2D eigenvalue weighted by Gasteiger charge is 2.59. The summed E-state index contributed by atoms with van der Waals surface area (Å²) in [5.41, 5.74) is 0.205. The third-order valence-corrected chi connectivity index (χ3v) is 5.32. The Morgan fingerprint density at radius 1 is 1.29 bits per heavy atom. The molecule has 78 valence electrons. The monoisotopic (exact) mass is 192 g/mol. The first-order chi connectivity index (χ1) is 6.64. The van der Waals surface area contributed by atoms with Gasteiger partial charge in [0.25, 0.3) is 0 Å². The normalized spacial score (nSPS) is 60.4. The van der Waals surface area contributed by atoms with Crippen molar-refractivity contribution in [2.45, 2.75) is 39.2 Å². The molecule has 1 N–H and O–H groups in total. The first-order valence-corrected chi connectivity index (χ1v) is 6.00. The molecular weight excluding hydrogens is 172 g/mol. The van der Waals surface area contributed by atoms with E-state index in [0.29, 0.717) is 5.92 Å². The third kappa shape index (κ3) is 0.850. The van der Waals surface area contributed by atoms with E-state index < -0.39 is 0 Å². The molecule has 2 bridgehead atoms. The zero-order chi connectivity index (χ0) is 9.92. The van der Waals surface area contributed by atoms with E-state index in [9.17, 15) is 5.11 Å². The molecule has 0 aromatic carbocycles. The Morgan fingerprint density at radius 3 is 2.79 bits per heavy atom. The molecule has 0 aromatic rings. The molecule has 0 aromatic heterocycles. The van der Waals surface area contributed by atoms with Crippen molar-refractivity contribution >= 4 is 0 Å². The van der Waals surface area contributed by atoms with Crippen LogP contribution in [0.4, 0.5) is 0 Å². The molecule has 3 aliphatic carbocycles. The van der Waals surface area contributed by atoms with Crippen molar-refractivity contribution in [3.05, 3.63) is 12.2 Å². The van der Waals surface area contributed by atoms with Crippen LogP contribution in [0.2, 0.25) is 0 Å². The van der Waals surface area contributed by atoms with E-state index in [1.165, 1.54) is 12.8 Å². The van der Waals surface area contributed by atoms with E-state index in [4.69, 9.17) is 0 Å². The van der Waals surface area contributed by atoms with E-state index in [1.54, 1.807) is 0 Å². The molecule has 0 amide bonds. The molecule has 1 heteroatoms. The molecule has 6 atom stereocenters. The summed E-state index contributed by atoms with van der Waals surface area (Å²) in [4.78, 5) is 0. The number of hydrogen-bond donors (Lipinski definition) is 1. The number of aliphatic hydroxyl groups excluding tert-OH is 1. The van der Waals surface area contributed by atoms with Crippen LogP contribution >= 0.6 is 0 Å². The Kier molecular flexibility index (Phi) is 1.69. The van der Waals surface area contributed by atoms with Crippen LogP contribution in [0.1, 0.15) is 33.1 Å². The van der Waals surface area contributed by atoms with Crippen LogP contribution in [0.25, 0.3) is 0 Å². The highest BCUT2D eigenvalue weighted by atomic mass is 16.3. The van der Waals surface area contributed by atoms with Gasteiger partial charge in [0.2, 0.25) is 0 Å². The maximum Gasteiger partial charge on any atom is 0.0602 e. The summed E-state index contributed by atoms with van der Waals surface area (Å²) in [6, 6.07) is 0. The largest absolute Gasteiger partial charge is 0.393 e. The second kappa shape index (κ2) is 2.63. The van der Waals surface area contributed by atoms with Gasteiger partial charge in [-0.25, -0.2) is 0 Å². The van der Waals surface area contributed by atoms with Gasteiger partial charge >= 0.3 is 0 Å². The number of fused-ring (bicyclic) bond motifs is 5. The molecule has 2 saturated carbocycles. The summed E-state index contributed by atoms with van der Waals surface area (Å²) in [5.74, 6) is 3.00. The van der Waals surface area contributed by atoms with E-state index in [-0.39, 0.29) is 11.5 Å². The lowest BCUT2D eigenvalue weighted by molar-refractivity contribution is -0.0725. The number of hydrogen-bond acceptors (Lipinski definition) is 1. The second-order valence-electron chi connectivity index (χ2n) is 5.85. The Balaban J connectivity index is 2.04. The van der Waals surface area contributed by atoms with Crippen molar-refractivity contribution in [2.75, 3.05) is 0 Å². The van der Waals surface area contributed by atoms with Crippen molar-refractivity contribution in [3.8, 4) is 0 Å². The van der Waals surface area contributed by atoms with E-state index in [2.05, 4.69) is 26.0 Å². The topological polar surface area (TPSA) is 20.2 Å². The molecule has 0 saturated heterocycles. The summed E-state index contributed by atoms with van der Waals surface area (Å²) in [6.07, 6.45) is 8.27. The molecule has 14 heavy (non-hydrogen) atoms. The second-order valence-corrected chi connectivity index (χ2v) is 5.85. The molecule has 6 unspecified atom stereocenters. The molecule has 2 fully saturated rings. The van der Waals surface area contributed by atoms with Crippen LogP contribution in [0.5, 0.6) is 0 Å². The fourth-order valence-corrected chi connectivity index (χ4v) is 4.58. The van der Waals surface area contributed by atoms with E-state index in [0.717, 1.165) is 24.2 Å². The molecule has 3 aliphatic rings. The lowest BCUT2D eigenvalue weighted by Gasteiger charge is -2.49. The standard InChI is InChI=1S/C13H20O/c1-8-3-6-11(14)13(2)10-5-4-9(7-10)12(8)13/h4-5,8-12,14H,3,6-7H2,1-2H3. The van der Waals surface area contributed by atoms with Gasteiger partial charge in [0.15, 0.2) is 0 Å². The first kappa shape index (κ1) is 8.96. The Hall–Kier alpha value is -0.300. The SMILES string of the molecule is CC1CCC(O)C2(C)C3C=CC(C3)C12. The van der Waals surface area contributed by atoms with Crippen LogP contribution in [-0.4, -0.2) is 11.2 Å². The van der Waals surface area contributed by atoms with Crippen LogP contribution in [0.3, 0.4) is 0 Å². The van der Waals surface area contributed by atoms with Crippen molar-refractivity contribution in [2.24, 2.45) is 29.1 Å². The zero-order valence-corrected chi connectivity index (χ0v) is 9.11. The predicted octanol–water partition coefficient (Wildman–Crippen LogP) is 2.61. The summed E-state index contributed by atoms with van der Waals surface area (Å²) < 4.78 is 0. The minimum absolute atomic E-state index is 0.0522. The lowest BCUT2D eigenvalue weighted by Crippen LogP contribution is -2.48. The summed E-state index contributed by atoms with van der Waals surface area (Å²) in [6.45, 7) is 4.70. The smallest absolute Gasteiger partial charge is 0.0602 e. The summed E-state index contributed by atoms with van der Waals surface area (Å²) in [5, 5.41) is 10.2. The van der Waals surface area contributed by atoms with Crippen molar-refractivity contribution in [1.29, 1.82) is 0 Å². The minimum Gasteiger partial charge on any atom is -0.393 e. The van der Waals surface area contributed by atoms with Crippen LogP contribution in [-0.2, 0) is 0 Å². The maximum absolute atomic E-state index is 10.2. The molecule has 0 heterocycles. The average molecular weight is 192 g/mol. The highest BCUT2D eigenvalue weighted by Crippen LogP contribution is 2.63.